The summed E-state index contributed by atoms with van der Waals surface area (Å²) in [6, 6.07) is 23.8. The highest BCUT2D eigenvalue weighted by atomic mass is 32.2. The summed E-state index contributed by atoms with van der Waals surface area (Å²) in [6.45, 7) is 2.46. The van der Waals surface area contributed by atoms with E-state index in [1.807, 2.05) is 55.5 Å². The molecule has 1 aliphatic rings. The molecule has 0 aliphatic heterocycles. The smallest absolute Gasteiger partial charge is 0.256 e. The van der Waals surface area contributed by atoms with Crippen LogP contribution in [-0.4, -0.2) is 30.2 Å². The van der Waals surface area contributed by atoms with Crippen LogP contribution in [0.2, 0.25) is 0 Å². The third kappa shape index (κ3) is 5.22. The maximum Gasteiger partial charge on any atom is 0.256 e. The number of nitrogens with zero attached hydrogens (tertiary/aromatic N) is 2. The summed E-state index contributed by atoms with van der Waals surface area (Å²) in [5.74, 6) is -0.262. The number of amides is 1. The molecule has 5 aromatic rings. The first-order valence-electron chi connectivity index (χ1n) is 13.4. The summed E-state index contributed by atoms with van der Waals surface area (Å²) in [7, 11) is -3.71. The van der Waals surface area contributed by atoms with Gasteiger partial charge in [0.1, 0.15) is 10.0 Å². The highest BCUT2D eigenvalue weighted by Gasteiger charge is 2.26. The molecule has 0 atom stereocenters. The number of benzene rings is 3. The second-order valence-electron chi connectivity index (χ2n) is 9.80. The number of rotatable bonds is 8. The predicted molar refractivity (Wildman–Crippen MR) is 164 cm³/mol. The standard InChI is InChI=1S/C31H29N3O3S3/c1-2-34(20-21-10-4-3-5-11-21)40(36,37)23-18-16-22(17-19-23)29(35)33-31-28(24-12-6-8-14-26(24)38-31)30-32-25-13-7-9-15-27(25)39-30/h3-5,7,9-11,13,15-19H,2,6,8,12,14,20H2,1H3,(H,33,35). The Morgan fingerprint density at radius 3 is 2.40 bits per heavy atom. The second kappa shape index (κ2) is 11.2. The van der Waals surface area contributed by atoms with E-state index in [-0.39, 0.29) is 10.8 Å². The topological polar surface area (TPSA) is 79.4 Å². The van der Waals surface area contributed by atoms with Gasteiger partial charge >= 0.3 is 0 Å². The van der Waals surface area contributed by atoms with Crippen molar-refractivity contribution in [3.63, 3.8) is 0 Å². The molecule has 204 valence electrons. The van der Waals surface area contributed by atoms with Gasteiger partial charge in [-0.05, 0) is 73.2 Å². The van der Waals surface area contributed by atoms with Gasteiger partial charge < -0.3 is 5.32 Å². The van der Waals surface area contributed by atoms with E-state index in [0.717, 1.165) is 57.0 Å². The van der Waals surface area contributed by atoms with Crippen LogP contribution in [-0.2, 0) is 29.4 Å². The van der Waals surface area contributed by atoms with Crippen molar-refractivity contribution in [2.45, 2.75) is 44.0 Å². The zero-order valence-electron chi connectivity index (χ0n) is 22.1. The van der Waals surface area contributed by atoms with Gasteiger partial charge in [-0.3, -0.25) is 4.79 Å². The minimum absolute atomic E-state index is 0.170. The molecule has 0 spiro atoms. The van der Waals surface area contributed by atoms with Crippen LogP contribution < -0.4 is 5.32 Å². The van der Waals surface area contributed by atoms with E-state index in [4.69, 9.17) is 4.98 Å². The molecule has 0 bridgehead atoms. The number of para-hydroxylation sites is 1. The van der Waals surface area contributed by atoms with Crippen LogP contribution in [0.15, 0.2) is 83.8 Å². The zero-order valence-corrected chi connectivity index (χ0v) is 24.5. The molecule has 40 heavy (non-hydrogen) atoms. The molecule has 0 unspecified atom stereocenters. The summed E-state index contributed by atoms with van der Waals surface area (Å²) < 4.78 is 29.3. The maximum atomic E-state index is 13.4. The van der Waals surface area contributed by atoms with Crippen LogP contribution in [0.1, 0.15) is 46.1 Å². The highest BCUT2D eigenvalue weighted by Crippen LogP contribution is 2.46. The normalized spacial score (nSPS) is 13.4. The zero-order chi connectivity index (χ0) is 27.7. The van der Waals surface area contributed by atoms with Crippen molar-refractivity contribution in [2.75, 3.05) is 11.9 Å². The Kier molecular flexibility index (Phi) is 7.55. The van der Waals surface area contributed by atoms with Crippen LogP contribution in [0.5, 0.6) is 0 Å². The molecular weight excluding hydrogens is 559 g/mol. The molecular formula is C31H29N3O3S3. The first kappa shape index (κ1) is 26.8. The van der Waals surface area contributed by atoms with E-state index in [2.05, 4.69) is 11.4 Å². The molecule has 3 aromatic carbocycles. The minimum Gasteiger partial charge on any atom is -0.313 e. The van der Waals surface area contributed by atoms with Gasteiger partial charge in [0, 0.05) is 29.1 Å². The first-order valence-corrected chi connectivity index (χ1v) is 16.5. The molecule has 2 aromatic heterocycles. The lowest BCUT2D eigenvalue weighted by atomic mass is 9.95. The Morgan fingerprint density at radius 2 is 1.65 bits per heavy atom. The summed E-state index contributed by atoms with van der Waals surface area (Å²) in [5.41, 5.74) is 4.62. The van der Waals surface area contributed by atoms with E-state index >= 15 is 0 Å². The van der Waals surface area contributed by atoms with Crippen LogP contribution in [0.3, 0.4) is 0 Å². The van der Waals surface area contributed by atoms with Crippen molar-refractivity contribution in [3.05, 3.63) is 100 Å². The number of anilines is 1. The summed E-state index contributed by atoms with van der Waals surface area (Å²) in [6.07, 6.45) is 4.27. The van der Waals surface area contributed by atoms with E-state index in [0.29, 0.717) is 18.7 Å². The number of aromatic nitrogens is 1. The molecule has 9 heteroatoms. The van der Waals surface area contributed by atoms with Gasteiger partial charge in [0.2, 0.25) is 10.0 Å². The van der Waals surface area contributed by atoms with Crippen molar-refractivity contribution in [3.8, 4) is 10.6 Å². The molecule has 2 heterocycles. The highest BCUT2D eigenvalue weighted by molar-refractivity contribution is 7.89. The van der Waals surface area contributed by atoms with Crippen LogP contribution >= 0.6 is 22.7 Å². The van der Waals surface area contributed by atoms with E-state index in [1.54, 1.807) is 34.8 Å². The fourth-order valence-electron chi connectivity index (χ4n) is 5.12. The molecule has 1 aliphatic carbocycles. The SMILES string of the molecule is CCN(Cc1ccccc1)S(=O)(=O)c1ccc(C(=O)Nc2sc3c(c2-c2nc4ccccc4s2)CCCC3)cc1. The van der Waals surface area contributed by atoms with Crippen LogP contribution in [0, 0.1) is 0 Å². The van der Waals surface area contributed by atoms with Crippen molar-refractivity contribution in [2.24, 2.45) is 0 Å². The number of hydrogen-bond acceptors (Lipinski definition) is 6. The van der Waals surface area contributed by atoms with Gasteiger partial charge in [0.05, 0.1) is 15.1 Å². The van der Waals surface area contributed by atoms with Gasteiger partial charge in [-0.1, -0.05) is 49.4 Å². The third-order valence-corrected chi connectivity index (χ3v) is 11.4. The molecule has 6 rings (SSSR count). The summed E-state index contributed by atoms with van der Waals surface area (Å²) in [5, 5.41) is 4.88. The number of carbonyl (C=O) groups is 1. The fourth-order valence-corrected chi connectivity index (χ4v) is 8.95. The number of thiazole rings is 1. The Hall–Kier alpha value is -3.37. The molecule has 0 saturated heterocycles. The molecule has 0 radical (unpaired) electrons. The quantitative estimate of drug-likeness (QED) is 0.206. The average molecular weight is 588 g/mol. The number of fused-ring (bicyclic) bond motifs is 2. The van der Waals surface area contributed by atoms with Gasteiger partial charge in [-0.15, -0.1) is 22.7 Å². The molecule has 0 saturated carbocycles. The fraction of sp³-hybridized carbons (Fsp3) is 0.226. The largest absolute Gasteiger partial charge is 0.313 e. The average Bonchev–Trinajstić information content (AvgIpc) is 3.57. The number of carbonyl (C=O) groups excluding carboxylic acids is 1. The Bertz CT molecular complexity index is 1740. The number of nitrogens with one attached hydrogen (secondary N) is 1. The van der Waals surface area contributed by atoms with Gasteiger partial charge in [-0.25, -0.2) is 13.4 Å². The Morgan fingerprint density at radius 1 is 0.925 bits per heavy atom. The molecule has 1 N–H and O–H groups in total. The van der Waals surface area contributed by atoms with Gasteiger partial charge in [0.25, 0.3) is 5.91 Å². The van der Waals surface area contributed by atoms with Crippen molar-refractivity contribution in [1.82, 2.24) is 9.29 Å². The summed E-state index contributed by atoms with van der Waals surface area (Å²) >= 11 is 3.28. The Labute approximate surface area is 242 Å². The number of hydrogen-bond donors (Lipinski definition) is 1. The number of aryl methyl sites for hydroxylation is 1. The van der Waals surface area contributed by atoms with Gasteiger partial charge in [-0.2, -0.15) is 4.31 Å². The lowest BCUT2D eigenvalue weighted by Gasteiger charge is -2.20. The number of thiophene rings is 1. The lowest BCUT2D eigenvalue weighted by Crippen LogP contribution is -2.30. The van der Waals surface area contributed by atoms with Gasteiger partial charge in [0.15, 0.2) is 0 Å². The number of sulfonamides is 1. The Balaban J connectivity index is 1.26. The van der Waals surface area contributed by atoms with Crippen LogP contribution in [0.4, 0.5) is 5.00 Å². The van der Waals surface area contributed by atoms with Crippen LogP contribution in [0.25, 0.3) is 20.8 Å². The van der Waals surface area contributed by atoms with Crippen molar-refractivity contribution < 1.29 is 13.2 Å². The third-order valence-electron chi connectivity index (χ3n) is 7.21. The van der Waals surface area contributed by atoms with E-state index in [1.165, 1.54) is 26.9 Å². The lowest BCUT2D eigenvalue weighted by molar-refractivity contribution is 0.102. The monoisotopic (exact) mass is 587 g/mol. The second-order valence-corrected chi connectivity index (χ2v) is 13.9. The van der Waals surface area contributed by atoms with E-state index in [9.17, 15) is 13.2 Å². The predicted octanol–water partition coefficient (Wildman–Crippen LogP) is 7.37. The molecule has 6 nitrogen and oxygen atoms in total. The molecule has 0 fully saturated rings. The summed E-state index contributed by atoms with van der Waals surface area (Å²) in [4.78, 5) is 19.8. The molecule has 1 amide bonds. The maximum absolute atomic E-state index is 13.4. The van der Waals surface area contributed by atoms with Crippen molar-refractivity contribution >= 4 is 53.8 Å². The first-order chi connectivity index (χ1) is 19.4. The minimum atomic E-state index is -3.71. The van der Waals surface area contributed by atoms with E-state index < -0.39 is 10.0 Å². The van der Waals surface area contributed by atoms with Crippen molar-refractivity contribution in [1.29, 1.82) is 0 Å².